The van der Waals surface area contributed by atoms with E-state index in [1.54, 1.807) is 18.3 Å². The van der Waals surface area contributed by atoms with Crippen molar-refractivity contribution in [2.75, 3.05) is 26.7 Å². The minimum Gasteiger partial charge on any atom is -0.391 e. The maximum Gasteiger partial charge on any atom is 0.228 e. The maximum atomic E-state index is 12.6. The number of carbonyl (C=O) groups excluding carboxylic acids is 1. The smallest absolute Gasteiger partial charge is 0.228 e. The molecule has 0 aliphatic carbocycles. The molecule has 24 heavy (non-hydrogen) atoms. The first-order valence-electron chi connectivity index (χ1n) is 8.51. The molecule has 2 aliphatic heterocycles. The Labute approximate surface area is 140 Å². The molecule has 0 radical (unpaired) electrons. The third kappa shape index (κ3) is 2.57. The molecule has 128 valence electrons. The van der Waals surface area contributed by atoms with Gasteiger partial charge in [0.25, 0.3) is 0 Å². The summed E-state index contributed by atoms with van der Waals surface area (Å²) >= 11 is 0. The first-order chi connectivity index (χ1) is 11.6. The number of aliphatic hydroxyl groups is 1. The fourth-order valence-electron chi connectivity index (χ4n) is 4.21. The normalized spacial score (nSPS) is 24.8. The van der Waals surface area contributed by atoms with Crippen LogP contribution in [0.25, 0.3) is 5.65 Å². The van der Waals surface area contributed by atoms with Crippen LogP contribution in [-0.4, -0.2) is 68.2 Å². The Kier molecular flexibility index (Phi) is 3.77. The molecule has 2 aliphatic rings. The van der Waals surface area contributed by atoms with Crippen LogP contribution in [0.1, 0.15) is 25.0 Å². The summed E-state index contributed by atoms with van der Waals surface area (Å²) in [4.78, 5) is 20.9. The number of amides is 1. The average molecular weight is 329 g/mol. The monoisotopic (exact) mass is 329 g/mol. The third-order valence-electron chi connectivity index (χ3n) is 5.49. The van der Waals surface area contributed by atoms with Crippen molar-refractivity contribution in [2.24, 2.45) is 5.41 Å². The van der Waals surface area contributed by atoms with Gasteiger partial charge in [0.1, 0.15) is 6.33 Å². The van der Waals surface area contributed by atoms with Crippen LogP contribution in [0.4, 0.5) is 0 Å². The Balaban J connectivity index is 1.46. The second-order valence-corrected chi connectivity index (χ2v) is 7.15. The number of nitrogens with zero attached hydrogens (tertiary/aromatic N) is 5. The van der Waals surface area contributed by atoms with Gasteiger partial charge in [-0.2, -0.15) is 5.10 Å². The number of β-amino-alcohol motifs (C(OH)–C–C–N with tert-alkyl or cyclic N) is 1. The number of likely N-dealkylation sites (N-methyl/N-ethyl adjacent to an activating group) is 1. The summed E-state index contributed by atoms with van der Waals surface area (Å²) in [6.07, 6.45) is 3.38. The van der Waals surface area contributed by atoms with Gasteiger partial charge in [0, 0.05) is 20.1 Å². The minimum atomic E-state index is -0.400. The zero-order chi connectivity index (χ0) is 16.7. The summed E-state index contributed by atoms with van der Waals surface area (Å²) in [6.45, 7) is 2.97. The lowest BCUT2D eigenvalue weighted by molar-refractivity contribution is -0.154. The van der Waals surface area contributed by atoms with Crippen molar-refractivity contribution in [3.63, 3.8) is 0 Å². The van der Waals surface area contributed by atoms with Crippen LogP contribution in [0.2, 0.25) is 0 Å². The molecule has 7 nitrogen and oxygen atoms in total. The number of aromatic nitrogens is 3. The molecule has 0 bridgehead atoms. The van der Waals surface area contributed by atoms with Crippen LogP contribution in [-0.2, 0) is 11.3 Å². The van der Waals surface area contributed by atoms with Gasteiger partial charge in [0.15, 0.2) is 5.65 Å². The van der Waals surface area contributed by atoms with Crippen molar-refractivity contribution in [3.8, 4) is 0 Å². The Morgan fingerprint density at radius 2 is 2.12 bits per heavy atom. The van der Waals surface area contributed by atoms with Gasteiger partial charge in [0.05, 0.1) is 17.2 Å². The van der Waals surface area contributed by atoms with Gasteiger partial charge in [0.2, 0.25) is 5.91 Å². The van der Waals surface area contributed by atoms with Crippen LogP contribution in [0, 0.1) is 5.41 Å². The van der Waals surface area contributed by atoms with Crippen molar-refractivity contribution in [1.82, 2.24) is 24.4 Å². The summed E-state index contributed by atoms with van der Waals surface area (Å²) in [7, 11) is 1.80. The summed E-state index contributed by atoms with van der Waals surface area (Å²) in [5.41, 5.74) is 1.59. The van der Waals surface area contributed by atoms with Gasteiger partial charge in [-0.05, 0) is 44.5 Å². The van der Waals surface area contributed by atoms with Gasteiger partial charge in [-0.15, -0.1) is 0 Å². The zero-order valence-electron chi connectivity index (χ0n) is 13.9. The molecule has 4 heterocycles. The zero-order valence-corrected chi connectivity index (χ0v) is 13.9. The van der Waals surface area contributed by atoms with Gasteiger partial charge in [-0.3, -0.25) is 9.69 Å². The van der Waals surface area contributed by atoms with E-state index in [1.165, 1.54) is 0 Å². The predicted octanol–water partition coefficient (Wildman–Crippen LogP) is 0.534. The molecule has 0 aromatic carbocycles. The van der Waals surface area contributed by atoms with Crippen molar-refractivity contribution in [1.29, 1.82) is 0 Å². The highest BCUT2D eigenvalue weighted by Gasteiger charge is 2.47. The summed E-state index contributed by atoms with van der Waals surface area (Å²) < 4.78 is 1.87. The number of carbonyl (C=O) groups is 1. The standard InChI is InChI=1S/C17H23N5O2/c1-20-11-14(23)9-17(16(20)24)5-7-21(8-6-17)10-13-3-2-4-15-18-12-19-22(13)15/h2-4,12,14,23H,5-11H2,1H3. The minimum absolute atomic E-state index is 0.200. The Bertz CT molecular complexity index is 750. The fourth-order valence-corrected chi connectivity index (χ4v) is 4.21. The van der Waals surface area contributed by atoms with E-state index in [-0.39, 0.29) is 11.3 Å². The summed E-state index contributed by atoms with van der Waals surface area (Å²) in [5.74, 6) is 0.200. The van der Waals surface area contributed by atoms with Crippen LogP contribution in [0.3, 0.4) is 0 Å². The predicted molar refractivity (Wildman–Crippen MR) is 88.2 cm³/mol. The number of rotatable bonds is 2. The van der Waals surface area contributed by atoms with E-state index in [0.29, 0.717) is 13.0 Å². The van der Waals surface area contributed by atoms with Crippen molar-refractivity contribution < 1.29 is 9.90 Å². The summed E-state index contributed by atoms with van der Waals surface area (Å²) in [6, 6.07) is 6.01. The molecule has 1 atom stereocenters. The van der Waals surface area contributed by atoms with Crippen LogP contribution < -0.4 is 0 Å². The molecule has 7 heteroatoms. The van der Waals surface area contributed by atoms with Crippen molar-refractivity contribution >= 4 is 11.6 Å². The number of piperidine rings is 2. The number of pyridine rings is 1. The topological polar surface area (TPSA) is 74.0 Å². The van der Waals surface area contributed by atoms with Crippen molar-refractivity contribution in [3.05, 3.63) is 30.2 Å². The van der Waals surface area contributed by atoms with Crippen LogP contribution in [0.15, 0.2) is 24.5 Å². The molecule has 1 unspecified atom stereocenters. The molecule has 1 spiro atoms. The van der Waals surface area contributed by atoms with E-state index < -0.39 is 6.10 Å². The van der Waals surface area contributed by atoms with E-state index in [9.17, 15) is 9.90 Å². The Morgan fingerprint density at radius 1 is 1.33 bits per heavy atom. The van der Waals surface area contributed by atoms with Crippen molar-refractivity contribution in [2.45, 2.75) is 31.9 Å². The molecule has 2 fully saturated rings. The van der Waals surface area contributed by atoms with Gasteiger partial charge in [-0.25, -0.2) is 9.50 Å². The van der Waals surface area contributed by atoms with Gasteiger partial charge < -0.3 is 10.0 Å². The van der Waals surface area contributed by atoms with E-state index in [0.717, 1.165) is 43.8 Å². The second kappa shape index (κ2) is 5.82. The maximum absolute atomic E-state index is 12.6. The number of fused-ring (bicyclic) bond motifs is 1. The molecule has 2 aromatic heterocycles. The Hall–Kier alpha value is -1.99. The number of likely N-dealkylation sites (tertiary alicyclic amines) is 2. The van der Waals surface area contributed by atoms with E-state index in [4.69, 9.17) is 0 Å². The first kappa shape index (κ1) is 15.5. The second-order valence-electron chi connectivity index (χ2n) is 7.15. The summed E-state index contributed by atoms with van der Waals surface area (Å²) in [5, 5.41) is 14.4. The first-order valence-corrected chi connectivity index (χ1v) is 8.51. The molecule has 1 N–H and O–H groups in total. The lowest BCUT2D eigenvalue weighted by atomic mass is 9.71. The number of hydrogen-bond donors (Lipinski definition) is 1. The highest BCUT2D eigenvalue weighted by atomic mass is 16.3. The molecule has 0 saturated carbocycles. The number of hydrogen-bond acceptors (Lipinski definition) is 5. The van der Waals surface area contributed by atoms with E-state index in [1.807, 2.05) is 16.6 Å². The third-order valence-corrected chi connectivity index (χ3v) is 5.49. The molecular weight excluding hydrogens is 306 g/mol. The lowest BCUT2D eigenvalue weighted by Crippen LogP contribution is -2.56. The number of aliphatic hydroxyl groups excluding tert-OH is 1. The fraction of sp³-hybridized carbons (Fsp3) is 0.588. The Morgan fingerprint density at radius 3 is 2.92 bits per heavy atom. The molecule has 4 rings (SSSR count). The lowest BCUT2D eigenvalue weighted by Gasteiger charge is -2.47. The molecule has 1 amide bonds. The van der Waals surface area contributed by atoms with E-state index in [2.05, 4.69) is 21.0 Å². The molecule has 2 saturated heterocycles. The highest BCUT2D eigenvalue weighted by Crippen LogP contribution is 2.40. The molecule has 2 aromatic rings. The average Bonchev–Trinajstić information content (AvgIpc) is 3.04. The van der Waals surface area contributed by atoms with Gasteiger partial charge in [-0.1, -0.05) is 6.07 Å². The largest absolute Gasteiger partial charge is 0.391 e. The van der Waals surface area contributed by atoms with E-state index >= 15 is 0 Å². The highest BCUT2D eigenvalue weighted by molar-refractivity contribution is 5.83. The van der Waals surface area contributed by atoms with Crippen LogP contribution >= 0.6 is 0 Å². The van der Waals surface area contributed by atoms with Crippen LogP contribution in [0.5, 0.6) is 0 Å². The van der Waals surface area contributed by atoms with Gasteiger partial charge >= 0.3 is 0 Å². The SMILES string of the molecule is CN1CC(O)CC2(CCN(Cc3cccc4ncnn34)CC2)C1=O. The quantitative estimate of drug-likeness (QED) is 0.870. The molecular formula is C17H23N5O2.